The van der Waals surface area contributed by atoms with Crippen LogP contribution in [0.5, 0.6) is 0 Å². The molecule has 0 unspecified atom stereocenters. The van der Waals surface area contributed by atoms with Gasteiger partial charge in [0.05, 0.1) is 23.3 Å². The molecule has 0 radical (unpaired) electrons. The maximum absolute atomic E-state index is 13.4. The molecule has 27 heavy (non-hydrogen) atoms. The Morgan fingerprint density at radius 1 is 1.22 bits per heavy atom. The van der Waals surface area contributed by atoms with Gasteiger partial charge in [-0.05, 0) is 55.7 Å². The number of aromatic amines is 1. The number of esters is 1. The largest absolute Gasteiger partial charge is 0.462 e. The number of ether oxygens (including phenoxy) is 1. The first kappa shape index (κ1) is 17.3. The molecule has 0 atom stereocenters. The van der Waals surface area contributed by atoms with Gasteiger partial charge in [-0.15, -0.1) is 0 Å². The highest BCUT2D eigenvalue weighted by Gasteiger charge is 2.52. The molecule has 138 valence electrons. The van der Waals surface area contributed by atoms with E-state index < -0.39 is 11.4 Å². The molecule has 1 aliphatic carbocycles. The van der Waals surface area contributed by atoms with Crippen molar-refractivity contribution in [1.29, 1.82) is 0 Å². The predicted molar refractivity (Wildman–Crippen MR) is 100 cm³/mol. The summed E-state index contributed by atoms with van der Waals surface area (Å²) in [5.41, 5.74) is 1.60. The summed E-state index contributed by atoms with van der Waals surface area (Å²) in [6.45, 7) is 2.00. The first-order valence-electron chi connectivity index (χ1n) is 8.90. The Morgan fingerprint density at radius 3 is 2.74 bits per heavy atom. The molecule has 1 aromatic heterocycles. The molecule has 6 heteroatoms. The molecule has 1 aliphatic rings. The van der Waals surface area contributed by atoms with Gasteiger partial charge in [-0.1, -0.05) is 12.1 Å². The SMILES string of the molecule is CCOC(=O)c1ccccc1NC(=O)C1(c2c[nH]c3cc(F)ccc23)CC1. The summed E-state index contributed by atoms with van der Waals surface area (Å²) in [6, 6.07) is 11.3. The maximum Gasteiger partial charge on any atom is 0.340 e. The lowest BCUT2D eigenvalue weighted by Crippen LogP contribution is -2.28. The van der Waals surface area contributed by atoms with E-state index in [1.54, 1.807) is 43.5 Å². The second-order valence-corrected chi connectivity index (χ2v) is 6.69. The van der Waals surface area contributed by atoms with Crippen molar-refractivity contribution in [3.63, 3.8) is 0 Å². The average Bonchev–Trinajstić information content (AvgIpc) is 3.36. The van der Waals surface area contributed by atoms with E-state index in [2.05, 4.69) is 10.3 Å². The number of carbonyl (C=O) groups excluding carboxylic acids is 2. The minimum absolute atomic E-state index is 0.176. The number of para-hydroxylation sites is 1. The van der Waals surface area contributed by atoms with E-state index >= 15 is 0 Å². The Morgan fingerprint density at radius 2 is 2.00 bits per heavy atom. The molecule has 0 bridgehead atoms. The lowest BCUT2D eigenvalue weighted by atomic mass is 9.94. The van der Waals surface area contributed by atoms with Gasteiger partial charge in [-0.3, -0.25) is 4.79 Å². The van der Waals surface area contributed by atoms with Crippen molar-refractivity contribution in [3.05, 3.63) is 65.6 Å². The number of rotatable bonds is 5. The fourth-order valence-corrected chi connectivity index (χ4v) is 3.46. The molecule has 0 spiro atoms. The molecule has 1 heterocycles. The smallest absolute Gasteiger partial charge is 0.340 e. The summed E-state index contributed by atoms with van der Waals surface area (Å²) in [7, 11) is 0. The van der Waals surface area contributed by atoms with Gasteiger partial charge in [-0.2, -0.15) is 0 Å². The lowest BCUT2D eigenvalue weighted by molar-refractivity contribution is -0.118. The van der Waals surface area contributed by atoms with Crippen LogP contribution >= 0.6 is 0 Å². The fourth-order valence-electron chi connectivity index (χ4n) is 3.46. The van der Waals surface area contributed by atoms with Crippen molar-refractivity contribution in [2.75, 3.05) is 11.9 Å². The molecule has 4 rings (SSSR count). The lowest BCUT2D eigenvalue weighted by Gasteiger charge is -2.16. The number of H-pyrrole nitrogens is 1. The molecule has 2 N–H and O–H groups in total. The first-order valence-corrected chi connectivity index (χ1v) is 8.90. The quantitative estimate of drug-likeness (QED) is 0.666. The van der Waals surface area contributed by atoms with Crippen molar-refractivity contribution >= 4 is 28.5 Å². The number of fused-ring (bicyclic) bond motifs is 1. The Bertz CT molecular complexity index is 1040. The standard InChI is InChI=1S/C21H19FN2O3/c1-2-27-19(25)15-5-3-4-6-17(15)24-20(26)21(9-10-21)16-12-23-18-11-13(22)7-8-14(16)18/h3-8,11-12,23H,2,9-10H2,1H3,(H,24,26). The summed E-state index contributed by atoms with van der Waals surface area (Å²) < 4.78 is 18.5. The average molecular weight is 366 g/mol. The van der Waals surface area contributed by atoms with Crippen molar-refractivity contribution in [3.8, 4) is 0 Å². The third-order valence-corrected chi connectivity index (χ3v) is 5.01. The second-order valence-electron chi connectivity index (χ2n) is 6.69. The summed E-state index contributed by atoms with van der Waals surface area (Å²) in [4.78, 5) is 28.3. The van der Waals surface area contributed by atoms with Gasteiger partial charge in [0.25, 0.3) is 0 Å². The number of benzene rings is 2. The van der Waals surface area contributed by atoms with Gasteiger partial charge >= 0.3 is 5.97 Å². The second kappa shape index (κ2) is 6.54. The number of hydrogen-bond acceptors (Lipinski definition) is 3. The van der Waals surface area contributed by atoms with E-state index in [0.29, 0.717) is 29.6 Å². The first-order chi connectivity index (χ1) is 13.0. The number of hydrogen-bond donors (Lipinski definition) is 2. The zero-order valence-electron chi connectivity index (χ0n) is 14.8. The Kier molecular flexibility index (Phi) is 4.18. The molecular formula is C21H19FN2O3. The van der Waals surface area contributed by atoms with E-state index in [4.69, 9.17) is 4.74 Å². The third-order valence-electron chi connectivity index (χ3n) is 5.01. The van der Waals surface area contributed by atoms with Crippen molar-refractivity contribution < 1.29 is 18.7 Å². The third kappa shape index (κ3) is 2.97. The van der Waals surface area contributed by atoms with E-state index in [0.717, 1.165) is 10.9 Å². The van der Waals surface area contributed by atoms with Crippen LogP contribution in [0.15, 0.2) is 48.7 Å². The van der Waals surface area contributed by atoms with E-state index in [-0.39, 0.29) is 18.3 Å². The molecule has 3 aromatic rings. The van der Waals surface area contributed by atoms with E-state index in [9.17, 15) is 14.0 Å². The van der Waals surface area contributed by atoms with Gasteiger partial charge in [0.15, 0.2) is 0 Å². The van der Waals surface area contributed by atoms with Crippen LogP contribution in [0.3, 0.4) is 0 Å². The summed E-state index contributed by atoms with van der Waals surface area (Å²) >= 11 is 0. The fraction of sp³-hybridized carbons (Fsp3) is 0.238. The number of anilines is 1. The summed E-state index contributed by atoms with van der Waals surface area (Å²) in [6.07, 6.45) is 3.17. The molecule has 0 saturated heterocycles. The molecule has 5 nitrogen and oxygen atoms in total. The highest BCUT2D eigenvalue weighted by Crippen LogP contribution is 2.51. The van der Waals surface area contributed by atoms with Crippen LogP contribution in [0.25, 0.3) is 10.9 Å². The zero-order chi connectivity index (χ0) is 19.0. The zero-order valence-corrected chi connectivity index (χ0v) is 14.8. The minimum Gasteiger partial charge on any atom is -0.462 e. The summed E-state index contributed by atoms with van der Waals surface area (Å²) in [5.74, 6) is -0.973. The highest BCUT2D eigenvalue weighted by molar-refractivity contribution is 6.07. The molecule has 0 aliphatic heterocycles. The van der Waals surface area contributed by atoms with Gasteiger partial charge in [0.1, 0.15) is 5.82 Å². The van der Waals surface area contributed by atoms with Crippen LogP contribution in [0, 0.1) is 5.82 Å². The summed E-state index contributed by atoms with van der Waals surface area (Å²) in [5, 5.41) is 3.73. The number of aromatic nitrogens is 1. The maximum atomic E-state index is 13.4. The molecule has 1 amide bonds. The van der Waals surface area contributed by atoms with Crippen LogP contribution in [-0.2, 0) is 14.9 Å². The molecule has 1 saturated carbocycles. The van der Waals surface area contributed by atoms with Crippen molar-refractivity contribution in [2.24, 2.45) is 0 Å². The van der Waals surface area contributed by atoms with Gasteiger partial charge in [0, 0.05) is 17.1 Å². The predicted octanol–water partition coefficient (Wildman–Crippen LogP) is 4.15. The Labute approximate surface area is 155 Å². The number of nitrogens with one attached hydrogen (secondary N) is 2. The van der Waals surface area contributed by atoms with E-state index in [1.165, 1.54) is 12.1 Å². The van der Waals surface area contributed by atoms with Crippen LogP contribution < -0.4 is 5.32 Å². The van der Waals surface area contributed by atoms with Crippen molar-refractivity contribution in [1.82, 2.24) is 4.98 Å². The topological polar surface area (TPSA) is 71.2 Å². The Balaban J connectivity index is 1.65. The molecule has 2 aromatic carbocycles. The number of halogens is 1. The molecular weight excluding hydrogens is 347 g/mol. The number of carbonyl (C=O) groups is 2. The monoisotopic (exact) mass is 366 g/mol. The normalized spacial score (nSPS) is 14.7. The Hall–Kier alpha value is -3.15. The van der Waals surface area contributed by atoms with Crippen LogP contribution in [0.2, 0.25) is 0 Å². The molecule has 1 fully saturated rings. The van der Waals surface area contributed by atoms with Crippen molar-refractivity contribution in [2.45, 2.75) is 25.2 Å². The van der Waals surface area contributed by atoms with Crippen LogP contribution in [0.4, 0.5) is 10.1 Å². The van der Waals surface area contributed by atoms with Crippen LogP contribution in [0.1, 0.15) is 35.7 Å². The van der Waals surface area contributed by atoms with Gasteiger partial charge in [0.2, 0.25) is 5.91 Å². The van der Waals surface area contributed by atoms with Crippen LogP contribution in [-0.4, -0.2) is 23.5 Å². The minimum atomic E-state index is -0.669. The highest BCUT2D eigenvalue weighted by atomic mass is 19.1. The van der Waals surface area contributed by atoms with Gasteiger partial charge < -0.3 is 15.0 Å². The van der Waals surface area contributed by atoms with Gasteiger partial charge in [-0.25, -0.2) is 9.18 Å². The van der Waals surface area contributed by atoms with E-state index in [1.807, 2.05) is 0 Å². The number of amides is 1.